The molecule has 0 amide bonds. The van der Waals surface area contributed by atoms with Crippen LogP contribution in [-0.4, -0.2) is 24.6 Å². The zero-order valence-corrected chi connectivity index (χ0v) is 8.89. The van der Waals surface area contributed by atoms with Gasteiger partial charge in [-0.25, -0.2) is 0 Å². The smallest absolute Gasteiger partial charge is 0.161 e. The van der Waals surface area contributed by atoms with Crippen LogP contribution >= 0.6 is 0 Å². The number of fused-ring (bicyclic) bond motifs is 1. The highest BCUT2D eigenvalue weighted by molar-refractivity contribution is 5.52. The molecule has 86 valence electrons. The average Bonchev–Trinajstić information content (AvgIpc) is 2.53. The first-order valence-electron chi connectivity index (χ1n) is 5.32. The van der Waals surface area contributed by atoms with Crippen LogP contribution in [0.5, 0.6) is 11.5 Å². The quantitative estimate of drug-likeness (QED) is 0.787. The van der Waals surface area contributed by atoms with Crippen molar-refractivity contribution >= 4 is 6.29 Å². The van der Waals surface area contributed by atoms with Gasteiger partial charge in [0.15, 0.2) is 11.5 Å². The van der Waals surface area contributed by atoms with Crippen molar-refractivity contribution in [2.75, 3.05) is 13.2 Å². The molecule has 0 aliphatic carbocycles. The molecule has 2 rings (SSSR count). The average molecular weight is 222 g/mol. The Hall–Kier alpha value is -1.55. The summed E-state index contributed by atoms with van der Waals surface area (Å²) in [5.41, 5.74) is 0.677. The molecule has 0 aromatic heterocycles. The Bertz CT molecular complexity index is 375. The highest BCUT2D eigenvalue weighted by Crippen LogP contribution is 2.32. The minimum Gasteiger partial charge on any atom is -0.490 e. The number of aliphatic hydroxyl groups is 1. The predicted octanol–water partition coefficient (Wildman–Crippen LogP) is 1.47. The SMILES string of the molecule is O=CCC(O)c1ccc2c(c1)OCCCO2. The van der Waals surface area contributed by atoms with Gasteiger partial charge >= 0.3 is 0 Å². The number of carbonyl (C=O) groups is 1. The largest absolute Gasteiger partial charge is 0.490 e. The van der Waals surface area contributed by atoms with Crippen LogP contribution in [0.15, 0.2) is 18.2 Å². The monoisotopic (exact) mass is 222 g/mol. The molecule has 0 bridgehead atoms. The molecule has 1 aromatic carbocycles. The van der Waals surface area contributed by atoms with Crippen molar-refractivity contribution in [3.63, 3.8) is 0 Å². The lowest BCUT2D eigenvalue weighted by Gasteiger charge is -2.11. The fourth-order valence-corrected chi connectivity index (χ4v) is 1.61. The van der Waals surface area contributed by atoms with Crippen LogP contribution in [0.25, 0.3) is 0 Å². The number of ether oxygens (including phenoxy) is 2. The highest BCUT2D eigenvalue weighted by atomic mass is 16.5. The number of carbonyl (C=O) groups excluding carboxylic acids is 1. The molecule has 0 saturated heterocycles. The van der Waals surface area contributed by atoms with E-state index in [1.54, 1.807) is 18.2 Å². The third-order valence-corrected chi connectivity index (χ3v) is 2.48. The van der Waals surface area contributed by atoms with Gasteiger partial charge in [0.25, 0.3) is 0 Å². The van der Waals surface area contributed by atoms with E-state index in [1.165, 1.54) is 0 Å². The molecule has 0 saturated carbocycles. The number of benzene rings is 1. The Labute approximate surface area is 93.8 Å². The first-order chi connectivity index (χ1) is 7.81. The Morgan fingerprint density at radius 1 is 1.31 bits per heavy atom. The molecule has 4 heteroatoms. The zero-order chi connectivity index (χ0) is 11.4. The summed E-state index contributed by atoms with van der Waals surface area (Å²) < 4.78 is 11.0. The Morgan fingerprint density at radius 2 is 2.06 bits per heavy atom. The van der Waals surface area contributed by atoms with Crippen LogP contribution in [0.3, 0.4) is 0 Å². The van der Waals surface area contributed by atoms with Crippen molar-refractivity contribution in [3.8, 4) is 11.5 Å². The van der Waals surface area contributed by atoms with Gasteiger partial charge in [0.05, 0.1) is 19.3 Å². The zero-order valence-electron chi connectivity index (χ0n) is 8.89. The van der Waals surface area contributed by atoms with E-state index in [9.17, 15) is 9.90 Å². The molecular formula is C12H14O4. The van der Waals surface area contributed by atoms with Crippen LogP contribution in [0.4, 0.5) is 0 Å². The van der Waals surface area contributed by atoms with Crippen molar-refractivity contribution in [3.05, 3.63) is 23.8 Å². The second-order valence-electron chi connectivity index (χ2n) is 3.67. The van der Waals surface area contributed by atoms with E-state index in [-0.39, 0.29) is 6.42 Å². The van der Waals surface area contributed by atoms with Gasteiger partial charge in [-0.05, 0) is 17.7 Å². The second kappa shape index (κ2) is 4.99. The first-order valence-corrected chi connectivity index (χ1v) is 5.32. The van der Waals surface area contributed by atoms with Crippen molar-refractivity contribution < 1.29 is 19.4 Å². The van der Waals surface area contributed by atoms with Gasteiger partial charge in [-0.15, -0.1) is 0 Å². The van der Waals surface area contributed by atoms with E-state index < -0.39 is 6.10 Å². The lowest BCUT2D eigenvalue weighted by molar-refractivity contribution is -0.109. The van der Waals surface area contributed by atoms with Gasteiger partial charge in [0, 0.05) is 12.8 Å². The highest BCUT2D eigenvalue weighted by Gasteiger charge is 2.14. The van der Waals surface area contributed by atoms with E-state index >= 15 is 0 Å². The summed E-state index contributed by atoms with van der Waals surface area (Å²) >= 11 is 0. The van der Waals surface area contributed by atoms with Crippen LogP contribution in [-0.2, 0) is 4.79 Å². The molecule has 0 radical (unpaired) electrons. The third kappa shape index (κ3) is 2.33. The molecule has 1 atom stereocenters. The number of hydrogen-bond donors (Lipinski definition) is 1. The Morgan fingerprint density at radius 3 is 2.81 bits per heavy atom. The van der Waals surface area contributed by atoms with Crippen LogP contribution in [0.2, 0.25) is 0 Å². The van der Waals surface area contributed by atoms with E-state index in [0.717, 1.165) is 6.42 Å². The molecule has 1 unspecified atom stereocenters. The third-order valence-electron chi connectivity index (χ3n) is 2.48. The van der Waals surface area contributed by atoms with Gasteiger partial charge in [-0.3, -0.25) is 0 Å². The normalized spacial score (nSPS) is 16.3. The Balaban J connectivity index is 2.23. The number of rotatable bonds is 3. The molecule has 1 aromatic rings. The van der Waals surface area contributed by atoms with Gasteiger partial charge in [-0.1, -0.05) is 6.07 Å². The lowest BCUT2D eigenvalue weighted by Crippen LogP contribution is -1.99. The maximum absolute atomic E-state index is 10.3. The first kappa shape index (κ1) is 11.0. The van der Waals surface area contributed by atoms with E-state index in [2.05, 4.69) is 0 Å². The standard InChI is InChI=1S/C12H14O4/c13-5-4-10(14)9-2-3-11-12(8-9)16-7-1-6-15-11/h2-3,5,8,10,14H,1,4,6-7H2. The molecule has 0 spiro atoms. The van der Waals surface area contributed by atoms with Gasteiger partial charge < -0.3 is 19.4 Å². The number of aldehydes is 1. The number of hydrogen-bond acceptors (Lipinski definition) is 4. The van der Waals surface area contributed by atoms with Crippen molar-refractivity contribution in [1.29, 1.82) is 0 Å². The minimum atomic E-state index is -0.769. The molecule has 1 aliphatic heterocycles. The maximum Gasteiger partial charge on any atom is 0.161 e. The topological polar surface area (TPSA) is 55.8 Å². The molecule has 4 nitrogen and oxygen atoms in total. The van der Waals surface area contributed by atoms with Gasteiger partial charge in [-0.2, -0.15) is 0 Å². The molecular weight excluding hydrogens is 208 g/mol. The van der Waals surface area contributed by atoms with Crippen molar-refractivity contribution in [2.24, 2.45) is 0 Å². The molecule has 1 N–H and O–H groups in total. The lowest BCUT2D eigenvalue weighted by atomic mass is 10.1. The van der Waals surface area contributed by atoms with Crippen LogP contribution in [0, 0.1) is 0 Å². The summed E-state index contributed by atoms with van der Waals surface area (Å²) in [5.74, 6) is 1.33. The molecule has 0 fully saturated rings. The van der Waals surface area contributed by atoms with E-state index in [1.807, 2.05) is 0 Å². The second-order valence-corrected chi connectivity index (χ2v) is 3.67. The number of aliphatic hydroxyl groups excluding tert-OH is 1. The summed E-state index contributed by atoms with van der Waals surface area (Å²) in [7, 11) is 0. The van der Waals surface area contributed by atoms with Crippen molar-refractivity contribution in [1.82, 2.24) is 0 Å². The fraction of sp³-hybridized carbons (Fsp3) is 0.417. The van der Waals surface area contributed by atoms with Crippen molar-refractivity contribution in [2.45, 2.75) is 18.9 Å². The van der Waals surface area contributed by atoms with Gasteiger partial charge in [0.1, 0.15) is 6.29 Å². The fourth-order valence-electron chi connectivity index (χ4n) is 1.61. The van der Waals surface area contributed by atoms with Crippen LogP contribution in [0.1, 0.15) is 24.5 Å². The van der Waals surface area contributed by atoms with E-state index in [0.29, 0.717) is 36.6 Å². The summed E-state index contributed by atoms with van der Waals surface area (Å²) in [6.07, 6.45) is 0.878. The molecule has 1 aliphatic rings. The van der Waals surface area contributed by atoms with Gasteiger partial charge in [0.2, 0.25) is 0 Å². The molecule has 1 heterocycles. The summed E-state index contributed by atoms with van der Waals surface area (Å²) in [6, 6.07) is 5.25. The predicted molar refractivity (Wildman–Crippen MR) is 57.7 cm³/mol. The minimum absolute atomic E-state index is 0.0969. The molecule has 16 heavy (non-hydrogen) atoms. The summed E-state index contributed by atoms with van der Waals surface area (Å²) in [6.45, 7) is 1.25. The summed E-state index contributed by atoms with van der Waals surface area (Å²) in [4.78, 5) is 10.3. The van der Waals surface area contributed by atoms with E-state index in [4.69, 9.17) is 9.47 Å². The Kier molecular flexibility index (Phi) is 3.41. The maximum atomic E-state index is 10.3. The summed E-state index contributed by atoms with van der Waals surface area (Å²) in [5, 5.41) is 9.66. The van der Waals surface area contributed by atoms with Crippen LogP contribution < -0.4 is 9.47 Å².